The quantitative estimate of drug-likeness (QED) is 0.906. The second-order valence-corrected chi connectivity index (χ2v) is 4.19. The molecule has 0 radical (unpaired) electrons. The highest BCUT2D eigenvalue weighted by Gasteiger charge is 2.21. The lowest BCUT2D eigenvalue weighted by molar-refractivity contribution is 0.0662. The Kier molecular flexibility index (Phi) is 3.14. The number of hydrogen-bond acceptors (Lipinski definition) is 5. The summed E-state index contributed by atoms with van der Waals surface area (Å²) in [6, 6.07) is 1.79. The van der Waals surface area contributed by atoms with Crippen LogP contribution in [0.4, 0.5) is 0 Å². The summed E-state index contributed by atoms with van der Waals surface area (Å²) in [4.78, 5) is 15.8. The normalized spacial score (nSPS) is 10.5. The molecule has 0 fully saturated rings. The lowest BCUT2D eigenvalue weighted by Gasteiger charge is -1.96. The number of methoxy groups -OCH3 is 1. The van der Waals surface area contributed by atoms with Gasteiger partial charge in [0.05, 0.1) is 12.8 Å². The molecule has 17 heavy (non-hydrogen) atoms. The second-order valence-electron chi connectivity index (χ2n) is 3.27. The molecule has 1 N–H and O–H groups in total. The molecule has 2 aromatic heterocycles. The highest BCUT2D eigenvalue weighted by Crippen LogP contribution is 2.35. The van der Waals surface area contributed by atoms with Crippen molar-refractivity contribution in [3.05, 3.63) is 22.9 Å². The van der Waals surface area contributed by atoms with Crippen molar-refractivity contribution in [2.75, 3.05) is 7.11 Å². The Bertz CT molecular complexity index is 543. The summed E-state index contributed by atoms with van der Waals surface area (Å²) in [6.07, 6.45) is 0.513. The van der Waals surface area contributed by atoms with Gasteiger partial charge in [-0.3, -0.25) is 0 Å². The summed E-state index contributed by atoms with van der Waals surface area (Å²) in [5.41, 5.74) is 0.447. The first-order valence-electron chi connectivity index (χ1n) is 5.02. The number of oxazole rings is 1. The van der Waals surface area contributed by atoms with E-state index in [1.54, 1.807) is 13.2 Å². The zero-order valence-electron chi connectivity index (χ0n) is 9.39. The first kappa shape index (κ1) is 11.7. The minimum atomic E-state index is -1.10. The van der Waals surface area contributed by atoms with Gasteiger partial charge < -0.3 is 14.3 Å². The molecule has 0 aliphatic rings. The fourth-order valence-electron chi connectivity index (χ4n) is 1.47. The average Bonchev–Trinajstić information content (AvgIpc) is 2.94. The summed E-state index contributed by atoms with van der Waals surface area (Å²) in [5, 5.41) is 10.8. The molecule has 0 spiro atoms. The van der Waals surface area contributed by atoms with Crippen LogP contribution in [0.2, 0.25) is 0 Å². The zero-order chi connectivity index (χ0) is 12.4. The number of hydrogen-bond donors (Lipinski definition) is 1. The van der Waals surface area contributed by atoms with Crippen LogP contribution in [0.5, 0.6) is 5.75 Å². The Morgan fingerprint density at radius 1 is 1.65 bits per heavy atom. The number of rotatable bonds is 4. The van der Waals surface area contributed by atoms with E-state index >= 15 is 0 Å². The van der Waals surface area contributed by atoms with Gasteiger partial charge in [0.25, 0.3) is 0 Å². The van der Waals surface area contributed by atoms with Gasteiger partial charge in [0, 0.05) is 0 Å². The minimum absolute atomic E-state index is 0.0991. The van der Waals surface area contributed by atoms with Gasteiger partial charge >= 0.3 is 5.97 Å². The fraction of sp³-hybridized carbons (Fsp3) is 0.273. The first-order chi connectivity index (χ1) is 8.17. The summed E-state index contributed by atoms with van der Waals surface area (Å²) >= 11 is 1.40. The molecule has 0 amide bonds. The average molecular weight is 253 g/mol. The van der Waals surface area contributed by atoms with Crippen molar-refractivity contribution in [2.24, 2.45) is 0 Å². The van der Waals surface area contributed by atoms with Crippen LogP contribution in [0.3, 0.4) is 0 Å². The molecule has 90 valence electrons. The number of aromatic nitrogens is 1. The molecule has 0 saturated carbocycles. The standard InChI is InChI=1S/C11H11NO4S/c1-3-6-8(11(13)14)16-10(12-6)9-7(15-2)4-5-17-9/h4-5H,3H2,1-2H3,(H,13,14). The number of carboxylic acid groups (broad SMARTS) is 1. The molecule has 0 atom stereocenters. The maximum Gasteiger partial charge on any atom is 0.373 e. The first-order valence-corrected chi connectivity index (χ1v) is 5.90. The Morgan fingerprint density at radius 3 is 2.94 bits per heavy atom. The SMILES string of the molecule is CCc1nc(-c2sccc2OC)oc1C(=O)O. The lowest BCUT2D eigenvalue weighted by atomic mass is 10.3. The third kappa shape index (κ3) is 2.03. The van der Waals surface area contributed by atoms with Crippen molar-refractivity contribution in [3.63, 3.8) is 0 Å². The molecular weight excluding hydrogens is 242 g/mol. The predicted molar refractivity (Wildman–Crippen MR) is 62.7 cm³/mol. The minimum Gasteiger partial charge on any atom is -0.495 e. The maximum absolute atomic E-state index is 11.0. The van der Waals surface area contributed by atoms with Crippen LogP contribution >= 0.6 is 11.3 Å². The zero-order valence-corrected chi connectivity index (χ0v) is 10.2. The van der Waals surface area contributed by atoms with Gasteiger partial charge in [-0.15, -0.1) is 11.3 Å². The van der Waals surface area contributed by atoms with E-state index in [9.17, 15) is 4.79 Å². The molecule has 2 heterocycles. The molecule has 2 rings (SSSR count). The molecule has 2 aromatic rings. The largest absolute Gasteiger partial charge is 0.495 e. The number of carboxylic acids is 1. The highest BCUT2D eigenvalue weighted by atomic mass is 32.1. The van der Waals surface area contributed by atoms with Crippen LogP contribution in [-0.2, 0) is 6.42 Å². The Hall–Kier alpha value is -1.82. The van der Waals surface area contributed by atoms with E-state index in [-0.39, 0.29) is 5.76 Å². The van der Waals surface area contributed by atoms with Crippen LogP contribution in [-0.4, -0.2) is 23.2 Å². The predicted octanol–water partition coefficient (Wildman–Crippen LogP) is 2.67. The summed E-state index contributed by atoms with van der Waals surface area (Å²) < 4.78 is 10.4. The molecule has 0 aliphatic heterocycles. The number of nitrogens with zero attached hydrogens (tertiary/aromatic N) is 1. The van der Waals surface area contributed by atoms with Crippen molar-refractivity contribution in [1.29, 1.82) is 0 Å². The number of aryl methyl sites for hydroxylation is 1. The molecule has 6 heteroatoms. The third-order valence-corrected chi connectivity index (χ3v) is 3.15. The van der Waals surface area contributed by atoms with E-state index < -0.39 is 5.97 Å². The number of carbonyl (C=O) groups is 1. The number of thiophene rings is 1. The monoisotopic (exact) mass is 253 g/mol. The van der Waals surface area contributed by atoms with Gasteiger partial charge in [-0.1, -0.05) is 6.92 Å². The van der Waals surface area contributed by atoms with Gasteiger partial charge in [-0.2, -0.15) is 0 Å². The Morgan fingerprint density at radius 2 is 2.41 bits per heavy atom. The third-order valence-electron chi connectivity index (χ3n) is 2.27. The molecule has 0 saturated heterocycles. The molecular formula is C11H11NO4S. The summed E-state index contributed by atoms with van der Waals surface area (Å²) in [5.74, 6) is -0.268. The summed E-state index contributed by atoms with van der Waals surface area (Å²) in [7, 11) is 1.55. The van der Waals surface area contributed by atoms with Gasteiger partial charge in [0.1, 0.15) is 10.6 Å². The molecule has 0 bridgehead atoms. The van der Waals surface area contributed by atoms with Crippen molar-refractivity contribution < 1.29 is 19.1 Å². The smallest absolute Gasteiger partial charge is 0.373 e. The lowest BCUT2D eigenvalue weighted by Crippen LogP contribution is -1.98. The molecule has 0 unspecified atom stereocenters. The second kappa shape index (κ2) is 4.58. The van der Waals surface area contributed by atoms with E-state index in [4.69, 9.17) is 14.3 Å². The van der Waals surface area contributed by atoms with E-state index in [1.165, 1.54) is 11.3 Å². The van der Waals surface area contributed by atoms with Crippen LogP contribution in [0.1, 0.15) is 23.2 Å². The number of aromatic carboxylic acids is 1. The summed E-state index contributed by atoms with van der Waals surface area (Å²) in [6.45, 7) is 1.83. The van der Waals surface area contributed by atoms with E-state index in [0.29, 0.717) is 28.6 Å². The number of ether oxygens (including phenoxy) is 1. The van der Waals surface area contributed by atoms with Crippen molar-refractivity contribution >= 4 is 17.3 Å². The van der Waals surface area contributed by atoms with E-state index in [0.717, 1.165) is 0 Å². The molecule has 5 nitrogen and oxygen atoms in total. The van der Waals surface area contributed by atoms with Gasteiger partial charge in [0.2, 0.25) is 11.7 Å². The Balaban J connectivity index is 2.50. The van der Waals surface area contributed by atoms with Crippen LogP contribution in [0.15, 0.2) is 15.9 Å². The van der Waals surface area contributed by atoms with Gasteiger partial charge in [-0.25, -0.2) is 9.78 Å². The molecule has 0 aliphatic carbocycles. The van der Waals surface area contributed by atoms with Crippen LogP contribution in [0.25, 0.3) is 10.8 Å². The Labute approximate surface area is 102 Å². The van der Waals surface area contributed by atoms with Crippen molar-refractivity contribution in [1.82, 2.24) is 4.98 Å². The van der Waals surface area contributed by atoms with Gasteiger partial charge in [-0.05, 0) is 17.9 Å². The van der Waals surface area contributed by atoms with E-state index in [1.807, 2.05) is 12.3 Å². The van der Waals surface area contributed by atoms with Crippen LogP contribution < -0.4 is 4.74 Å². The molecule has 0 aromatic carbocycles. The maximum atomic E-state index is 11.0. The fourth-order valence-corrected chi connectivity index (χ4v) is 2.25. The van der Waals surface area contributed by atoms with E-state index in [2.05, 4.69) is 4.98 Å². The van der Waals surface area contributed by atoms with Gasteiger partial charge in [0.15, 0.2) is 0 Å². The van der Waals surface area contributed by atoms with Crippen LogP contribution in [0, 0.1) is 0 Å². The van der Waals surface area contributed by atoms with Crippen molar-refractivity contribution in [3.8, 4) is 16.5 Å². The highest BCUT2D eigenvalue weighted by molar-refractivity contribution is 7.13. The topological polar surface area (TPSA) is 72.6 Å². The van der Waals surface area contributed by atoms with Crippen molar-refractivity contribution in [2.45, 2.75) is 13.3 Å².